The minimum absolute atomic E-state index is 0.323. The second-order valence-corrected chi connectivity index (χ2v) is 4.54. The maximum absolute atomic E-state index is 5.44. The fraction of sp³-hybridized carbons (Fsp3) is 0.143. The fourth-order valence-electron chi connectivity index (χ4n) is 2.27. The van der Waals surface area contributed by atoms with E-state index in [2.05, 4.69) is 48.9 Å². The maximum Gasteiger partial charge on any atom is 0.231 e. The number of rotatable bonds is 4. The largest absolute Gasteiger partial charge is 0.454 e. The molecule has 0 spiro atoms. The summed E-state index contributed by atoms with van der Waals surface area (Å²) in [4.78, 5) is 2.32. The Kier molecular flexibility index (Phi) is 3.36. The lowest BCUT2D eigenvalue weighted by Gasteiger charge is -2.23. The summed E-state index contributed by atoms with van der Waals surface area (Å²) < 4.78 is 10.8. The van der Waals surface area contributed by atoms with Gasteiger partial charge in [-0.1, -0.05) is 30.3 Å². The van der Waals surface area contributed by atoms with Crippen LogP contribution in [0.25, 0.3) is 0 Å². The third-order valence-electron chi connectivity index (χ3n) is 3.32. The van der Waals surface area contributed by atoms with Crippen molar-refractivity contribution in [2.24, 2.45) is 0 Å². The maximum atomic E-state index is 5.44. The topological polar surface area (TPSA) is 21.7 Å². The molecule has 0 atom stereocenters. The van der Waals surface area contributed by atoms with Gasteiger partial charge in [0.05, 0.1) is 7.74 Å². The van der Waals surface area contributed by atoms with Crippen molar-refractivity contribution in [2.45, 2.75) is 6.54 Å². The van der Waals surface area contributed by atoms with Gasteiger partial charge in [-0.25, -0.2) is 0 Å². The van der Waals surface area contributed by atoms with Crippen LogP contribution in [-0.2, 0) is 6.54 Å². The van der Waals surface area contributed by atoms with Crippen LogP contribution in [0.3, 0.4) is 0 Å². The van der Waals surface area contributed by atoms with Crippen LogP contribution in [0.4, 0.5) is 5.69 Å². The molecule has 2 aromatic rings. The summed E-state index contributed by atoms with van der Waals surface area (Å²) >= 11 is 0. The van der Waals surface area contributed by atoms with Gasteiger partial charge in [-0.15, -0.1) is 0 Å². The van der Waals surface area contributed by atoms with E-state index in [1.54, 1.807) is 0 Å². The number of nitrogens with zero attached hydrogens (tertiary/aromatic N) is 1. The summed E-state index contributed by atoms with van der Waals surface area (Å²) in [6, 6.07) is 16.6. The van der Waals surface area contributed by atoms with Crippen molar-refractivity contribution in [1.29, 1.82) is 0 Å². The molecular formula is C14H15B2NO2. The van der Waals surface area contributed by atoms with E-state index in [4.69, 9.17) is 9.47 Å². The predicted octanol–water partition coefficient (Wildman–Crippen LogP) is 1.32. The van der Waals surface area contributed by atoms with Gasteiger partial charge in [-0.3, -0.25) is 0 Å². The summed E-state index contributed by atoms with van der Waals surface area (Å²) in [7, 11) is 3.11. The van der Waals surface area contributed by atoms with E-state index in [9.17, 15) is 0 Å². The molecule has 0 N–H and O–H groups in total. The van der Waals surface area contributed by atoms with Gasteiger partial charge in [0.25, 0.3) is 0 Å². The molecule has 3 nitrogen and oxygen atoms in total. The summed E-state index contributed by atoms with van der Waals surface area (Å²) in [5.74, 6) is 1.67. The van der Waals surface area contributed by atoms with Gasteiger partial charge >= 0.3 is 0 Å². The van der Waals surface area contributed by atoms with Crippen molar-refractivity contribution in [3.8, 4) is 11.5 Å². The van der Waals surface area contributed by atoms with Crippen molar-refractivity contribution >= 4 is 20.7 Å². The first-order chi connectivity index (χ1) is 9.36. The van der Waals surface area contributed by atoms with Crippen LogP contribution < -0.4 is 14.3 Å². The molecule has 0 saturated carbocycles. The Morgan fingerprint density at radius 3 is 2.63 bits per heavy atom. The third-order valence-corrected chi connectivity index (χ3v) is 3.32. The first kappa shape index (κ1) is 12.0. The Labute approximate surface area is 114 Å². The molecule has 1 aliphatic rings. The van der Waals surface area contributed by atoms with E-state index in [1.807, 2.05) is 12.1 Å². The van der Waals surface area contributed by atoms with Gasteiger partial charge in [0.1, 0.15) is 0 Å². The normalized spacial score (nSPS) is 12.2. The number of ether oxygens (including phenoxy) is 2. The second kappa shape index (κ2) is 5.31. The first-order valence-electron chi connectivity index (χ1n) is 6.55. The average molecular weight is 251 g/mol. The van der Waals surface area contributed by atoms with Crippen molar-refractivity contribution in [3.05, 3.63) is 54.1 Å². The first-order valence-corrected chi connectivity index (χ1v) is 6.55. The van der Waals surface area contributed by atoms with Crippen LogP contribution in [0.2, 0.25) is 0 Å². The Hall–Kier alpha value is -2.03. The van der Waals surface area contributed by atoms with E-state index >= 15 is 0 Å². The lowest BCUT2D eigenvalue weighted by atomic mass is 9.64. The molecule has 0 amide bonds. The molecule has 1 aliphatic heterocycles. The molecule has 2 aromatic carbocycles. The second-order valence-electron chi connectivity index (χ2n) is 4.54. The molecule has 0 aliphatic carbocycles. The third kappa shape index (κ3) is 2.55. The highest BCUT2D eigenvalue weighted by atomic mass is 16.7. The summed E-state index contributed by atoms with van der Waals surface area (Å²) in [6.45, 7) is 1.22. The molecule has 5 heteroatoms. The predicted molar refractivity (Wildman–Crippen MR) is 80.9 cm³/mol. The SMILES string of the molecule is BBN(Cc1ccccc1)c1ccc2c(c1)OCO2. The van der Waals surface area contributed by atoms with Gasteiger partial charge in [0.15, 0.2) is 18.8 Å². The molecule has 0 saturated heterocycles. The summed E-state index contributed by atoms with van der Waals surface area (Å²) in [6.07, 6.45) is 0. The van der Waals surface area contributed by atoms with Crippen molar-refractivity contribution in [3.63, 3.8) is 0 Å². The molecule has 94 valence electrons. The van der Waals surface area contributed by atoms with Crippen molar-refractivity contribution < 1.29 is 9.47 Å². The lowest BCUT2D eigenvalue weighted by Crippen LogP contribution is -2.27. The summed E-state index contributed by atoms with van der Waals surface area (Å²) in [5, 5.41) is 0. The lowest BCUT2D eigenvalue weighted by molar-refractivity contribution is 0.174. The monoisotopic (exact) mass is 251 g/mol. The number of hydrogen-bond acceptors (Lipinski definition) is 3. The Balaban J connectivity index is 1.82. The quantitative estimate of drug-likeness (QED) is 0.765. The van der Waals surface area contributed by atoms with E-state index < -0.39 is 0 Å². The van der Waals surface area contributed by atoms with Gasteiger partial charge < -0.3 is 14.3 Å². The summed E-state index contributed by atoms with van der Waals surface area (Å²) in [5.41, 5.74) is 2.47. The highest BCUT2D eigenvalue weighted by molar-refractivity contribution is 6.91. The number of benzene rings is 2. The Morgan fingerprint density at radius 2 is 1.84 bits per heavy atom. The van der Waals surface area contributed by atoms with E-state index in [0.29, 0.717) is 6.79 Å². The van der Waals surface area contributed by atoms with Gasteiger partial charge in [0.2, 0.25) is 6.79 Å². The minimum atomic E-state index is 0.323. The van der Waals surface area contributed by atoms with Crippen LogP contribution in [0.5, 0.6) is 11.5 Å². The molecular weight excluding hydrogens is 236 g/mol. The molecule has 0 radical (unpaired) electrons. The van der Waals surface area contributed by atoms with Gasteiger partial charge in [-0.2, -0.15) is 0 Å². The molecule has 19 heavy (non-hydrogen) atoms. The number of anilines is 1. The molecule has 1 heterocycles. The number of hydrogen-bond donors (Lipinski definition) is 0. The molecule has 0 unspecified atom stereocenters. The van der Waals surface area contributed by atoms with Crippen molar-refractivity contribution in [2.75, 3.05) is 11.6 Å². The molecule has 0 fully saturated rings. The minimum Gasteiger partial charge on any atom is -0.454 e. The zero-order valence-electron chi connectivity index (χ0n) is 11.0. The number of fused-ring (bicyclic) bond motifs is 1. The van der Waals surface area contributed by atoms with Crippen LogP contribution in [0.15, 0.2) is 48.5 Å². The van der Waals surface area contributed by atoms with E-state index in [1.165, 1.54) is 5.56 Å². The van der Waals surface area contributed by atoms with Crippen LogP contribution in [0.1, 0.15) is 5.56 Å². The van der Waals surface area contributed by atoms with Gasteiger partial charge in [-0.05, 0) is 17.7 Å². The van der Waals surface area contributed by atoms with Crippen molar-refractivity contribution in [1.82, 2.24) is 0 Å². The Bertz CT molecular complexity index is 563. The van der Waals surface area contributed by atoms with Gasteiger partial charge in [0, 0.05) is 18.3 Å². The zero-order chi connectivity index (χ0) is 13.1. The smallest absolute Gasteiger partial charge is 0.231 e. The highest BCUT2D eigenvalue weighted by Crippen LogP contribution is 2.35. The molecule has 0 bridgehead atoms. The van der Waals surface area contributed by atoms with Crippen LogP contribution in [0, 0.1) is 0 Å². The Morgan fingerprint density at radius 1 is 1.05 bits per heavy atom. The standard InChI is InChI=1S/C14H15B2NO2/c15-16-17(9-11-4-2-1-3-5-11)12-6-7-13-14(8-12)19-10-18-13/h1-8,16H,9-10,15H2. The molecule has 3 rings (SSSR count). The van der Waals surface area contributed by atoms with E-state index in [0.717, 1.165) is 31.0 Å². The zero-order valence-corrected chi connectivity index (χ0v) is 11.0. The highest BCUT2D eigenvalue weighted by Gasteiger charge is 2.15. The average Bonchev–Trinajstić information content (AvgIpc) is 2.93. The van der Waals surface area contributed by atoms with Crippen LogP contribution in [-0.4, -0.2) is 21.8 Å². The fourth-order valence-corrected chi connectivity index (χ4v) is 2.27. The van der Waals surface area contributed by atoms with Crippen LogP contribution >= 0.6 is 0 Å². The van der Waals surface area contributed by atoms with E-state index in [-0.39, 0.29) is 0 Å². The molecule has 0 aromatic heterocycles.